The Morgan fingerprint density at radius 3 is 2.73 bits per heavy atom. The van der Waals surface area contributed by atoms with Crippen molar-refractivity contribution in [3.63, 3.8) is 0 Å². The van der Waals surface area contributed by atoms with Crippen molar-refractivity contribution >= 4 is 17.8 Å². The minimum atomic E-state index is -0.877. The van der Waals surface area contributed by atoms with Crippen molar-refractivity contribution in [3.05, 3.63) is 23.8 Å². The minimum Gasteiger partial charge on any atom is -0.481 e. The first kappa shape index (κ1) is 16.7. The van der Waals surface area contributed by atoms with Crippen molar-refractivity contribution in [1.82, 2.24) is 10.2 Å². The number of carboxylic acid groups (broad SMARTS) is 1. The van der Waals surface area contributed by atoms with Crippen LogP contribution in [0.5, 0.6) is 11.5 Å². The molecular weight excluding hydrogens is 340 g/mol. The van der Waals surface area contributed by atoms with E-state index < -0.39 is 17.4 Å². The van der Waals surface area contributed by atoms with E-state index in [0.717, 1.165) is 6.42 Å². The number of ether oxygens (including phenoxy) is 2. The summed E-state index contributed by atoms with van der Waals surface area (Å²) >= 11 is 0. The molecule has 26 heavy (non-hydrogen) atoms. The van der Waals surface area contributed by atoms with E-state index in [1.165, 1.54) is 0 Å². The first-order valence-corrected chi connectivity index (χ1v) is 8.72. The molecule has 138 valence electrons. The molecule has 3 aliphatic rings. The Labute approximate surface area is 150 Å². The summed E-state index contributed by atoms with van der Waals surface area (Å²) in [7, 11) is 0. The molecule has 0 spiro atoms. The van der Waals surface area contributed by atoms with Crippen LogP contribution in [0.4, 0.5) is 0 Å². The zero-order valence-electron chi connectivity index (χ0n) is 14.2. The van der Waals surface area contributed by atoms with Crippen LogP contribution in [-0.4, -0.2) is 53.7 Å². The number of carbonyl (C=O) groups excluding carboxylic acids is 2. The molecule has 1 aromatic carbocycles. The summed E-state index contributed by atoms with van der Waals surface area (Å²) in [5.41, 5.74) is -0.376. The van der Waals surface area contributed by atoms with Gasteiger partial charge in [0.2, 0.25) is 12.7 Å². The monoisotopic (exact) mass is 360 g/mol. The van der Waals surface area contributed by atoms with Gasteiger partial charge in [-0.1, -0.05) is 0 Å². The number of carbonyl (C=O) groups is 3. The van der Waals surface area contributed by atoms with Crippen molar-refractivity contribution in [1.29, 1.82) is 0 Å². The Morgan fingerprint density at radius 1 is 1.23 bits per heavy atom. The normalized spacial score (nSPS) is 22.2. The lowest BCUT2D eigenvalue weighted by Gasteiger charge is -2.24. The second-order valence-electron chi connectivity index (χ2n) is 7.03. The zero-order chi connectivity index (χ0) is 18.3. The number of benzene rings is 1. The summed E-state index contributed by atoms with van der Waals surface area (Å²) in [6.45, 7) is 0.742. The molecule has 1 saturated heterocycles. The number of nitrogens with zero attached hydrogens (tertiary/aromatic N) is 1. The summed E-state index contributed by atoms with van der Waals surface area (Å²) in [5.74, 6) is -0.282. The van der Waals surface area contributed by atoms with Crippen LogP contribution in [0.15, 0.2) is 18.2 Å². The van der Waals surface area contributed by atoms with Gasteiger partial charge in [0.15, 0.2) is 11.5 Å². The van der Waals surface area contributed by atoms with E-state index in [0.29, 0.717) is 42.9 Å². The van der Waals surface area contributed by atoms with Crippen LogP contribution < -0.4 is 14.8 Å². The number of rotatable bonds is 5. The maximum absolute atomic E-state index is 12.8. The van der Waals surface area contributed by atoms with Crippen LogP contribution in [0.2, 0.25) is 0 Å². The molecule has 2 heterocycles. The molecule has 2 fully saturated rings. The lowest BCUT2D eigenvalue weighted by Crippen LogP contribution is -2.47. The highest BCUT2D eigenvalue weighted by Crippen LogP contribution is 2.45. The third kappa shape index (κ3) is 2.85. The fraction of sp³-hybridized carbons (Fsp3) is 0.500. The smallest absolute Gasteiger partial charge is 0.311 e. The van der Waals surface area contributed by atoms with Crippen molar-refractivity contribution in [3.8, 4) is 11.5 Å². The molecule has 2 N–H and O–H groups in total. The van der Waals surface area contributed by atoms with Gasteiger partial charge in [0.25, 0.3) is 5.91 Å². The van der Waals surface area contributed by atoms with Crippen LogP contribution in [-0.2, 0) is 9.59 Å². The molecule has 2 amide bonds. The molecule has 1 aliphatic carbocycles. The molecule has 1 atom stereocenters. The van der Waals surface area contributed by atoms with Crippen LogP contribution in [0, 0.1) is 5.41 Å². The summed E-state index contributed by atoms with van der Waals surface area (Å²) in [4.78, 5) is 38.2. The highest BCUT2D eigenvalue weighted by Gasteiger charge is 2.50. The van der Waals surface area contributed by atoms with Crippen molar-refractivity contribution in [2.75, 3.05) is 19.9 Å². The Bertz CT molecular complexity index is 773. The van der Waals surface area contributed by atoms with E-state index >= 15 is 0 Å². The fourth-order valence-electron chi connectivity index (χ4n) is 3.47. The number of amides is 2. The Hall–Kier alpha value is -2.77. The lowest BCUT2D eigenvalue weighted by atomic mass is 10.1. The average molecular weight is 360 g/mol. The van der Waals surface area contributed by atoms with Gasteiger partial charge in [-0.15, -0.1) is 0 Å². The molecule has 1 aromatic rings. The average Bonchev–Trinajstić information content (AvgIpc) is 3.07. The molecule has 0 bridgehead atoms. The first-order valence-electron chi connectivity index (χ1n) is 8.72. The molecule has 2 aliphatic heterocycles. The Balaban J connectivity index is 1.43. The van der Waals surface area contributed by atoms with Gasteiger partial charge in [0, 0.05) is 18.7 Å². The van der Waals surface area contributed by atoms with E-state index in [2.05, 4.69) is 5.32 Å². The summed E-state index contributed by atoms with van der Waals surface area (Å²) in [6, 6.07) is 4.40. The second-order valence-corrected chi connectivity index (χ2v) is 7.03. The standard InChI is InChI=1S/C18H20N2O6/c21-15(19-9-18(5-6-18)17(23)24)12-2-1-7-20(12)16(22)11-3-4-13-14(8-11)26-10-25-13/h3-4,8,12H,1-2,5-7,9-10H2,(H,19,21)(H,23,24). The van der Waals surface area contributed by atoms with Crippen LogP contribution in [0.1, 0.15) is 36.0 Å². The fourth-order valence-corrected chi connectivity index (χ4v) is 3.47. The third-order valence-corrected chi connectivity index (χ3v) is 5.34. The van der Waals surface area contributed by atoms with E-state index in [1.807, 2.05) is 0 Å². The summed E-state index contributed by atoms with van der Waals surface area (Å²) in [6.07, 6.45) is 2.46. The van der Waals surface area contributed by atoms with Gasteiger partial charge in [-0.25, -0.2) is 0 Å². The van der Waals surface area contributed by atoms with Crippen LogP contribution >= 0.6 is 0 Å². The Morgan fingerprint density at radius 2 is 2.00 bits per heavy atom. The van der Waals surface area contributed by atoms with Crippen LogP contribution in [0.3, 0.4) is 0 Å². The summed E-state index contributed by atoms with van der Waals surface area (Å²) < 4.78 is 10.6. The highest BCUT2D eigenvalue weighted by atomic mass is 16.7. The van der Waals surface area contributed by atoms with Gasteiger partial charge in [0.1, 0.15) is 6.04 Å². The van der Waals surface area contributed by atoms with E-state index in [1.54, 1.807) is 23.1 Å². The van der Waals surface area contributed by atoms with Crippen molar-refractivity contribution in [2.24, 2.45) is 5.41 Å². The number of carboxylic acids is 1. The maximum Gasteiger partial charge on any atom is 0.311 e. The number of hydrogen-bond acceptors (Lipinski definition) is 5. The number of nitrogens with one attached hydrogen (secondary N) is 1. The van der Waals surface area contributed by atoms with E-state index in [4.69, 9.17) is 9.47 Å². The first-order chi connectivity index (χ1) is 12.5. The van der Waals surface area contributed by atoms with Gasteiger partial charge in [0.05, 0.1) is 5.41 Å². The number of likely N-dealkylation sites (tertiary alicyclic amines) is 1. The van der Waals surface area contributed by atoms with Gasteiger partial charge >= 0.3 is 5.97 Å². The van der Waals surface area contributed by atoms with Crippen LogP contribution in [0.25, 0.3) is 0 Å². The summed E-state index contributed by atoms with van der Waals surface area (Å²) in [5, 5.41) is 11.9. The lowest BCUT2D eigenvalue weighted by molar-refractivity contribution is -0.143. The highest BCUT2D eigenvalue weighted by molar-refractivity contribution is 5.98. The van der Waals surface area contributed by atoms with Gasteiger partial charge < -0.3 is 24.8 Å². The van der Waals surface area contributed by atoms with Gasteiger partial charge in [-0.05, 0) is 43.9 Å². The molecule has 0 radical (unpaired) electrons. The number of aliphatic carboxylic acids is 1. The molecule has 1 saturated carbocycles. The van der Waals surface area contributed by atoms with Gasteiger partial charge in [-0.3, -0.25) is 14.4 Å². The molecule has 0 aromatic heterocycles. The SMILES string of the molecule is O=C(NCC1(C(=O)O)CC1)C1CCCN1C(=O)c1ccc2c(c1)OCO2. The third-order valence-electron chi connectivity index (χ3n) is 5.34. The molecule has 1 unspecified atom stereocenters. The Kier molecular flexibility index (Phi) is 3.97. The quantitative estimate of drug-likeness (QED) is 0.812. The largest absolute Gasteiger partial charge is 0.481 e. The zero-order valence-corrected chi connectivity index (χ0v) is 14.2. The van der Waals surface area contributed by atoms with Crippen molar-refractivity contribution < 1.29 is 29.0 Å². The van der Waals surface area contributed by atoms with Crippen molar-refractivity contribution in [2.45, 2.75) is 31.7 Å². The van der Waals surface area contributed by atoms with Gasteiger partial charge in [-0.2, -0.15) is 0 Å². The molecular formula is C18H20N2O6. The van der Waals surface area contributed by atoms with E-state index in [9.17, 15) is 19.5 Å². The maximum atomic E-state index is 12.8. The molecule has 8 nitrogen and oxygen atoms in total. The molecule has 4 rings (SSSR count). The topological polar surface area (TPSA) is 105 Å². The second kappa shape index (κ2) is 6.19. The number of fused-ring (bicyclic) bond motifs is 1. The number of hydrogen-bond donors (Lipinski definition) is 2. The predicted molar refractivity (Wildman–Crippen MR) is 88.9 cm³/mol. The predicted octanol–water partition coefficient (Wildman–Crippen LogP) is 1.00. The van der Waals surface area contributed by atoms with E-state index in [-0.39, 0.29) is 25.2 Å². The minimum absolute atomic E-state index is 0.115. The molecule has 8 heteroatoms.